The van der Waals surface area contributed by atoms with E-state index in [2.05, 4.69) is 5.32 Å². The SMILES string of the molecule is N#Cc1c(NC(=O)N2CCN(c3ccc(C(F)(F)F)cc3[N+](=O)[O-])CC2)[n+]([O-])c2cc(Cl)c(Cl)cc2[n+]1[O-]. The minimum Gasteiger partial charge on any atom is -0.710 e. The molecule has 2 aromatic carbocycles. The van der Waals surface area contributed by atoms with Gasteiger partial charge in [0.2, 0.25) is 5.52 Å². The van der Waals surface area contributed by atoms with Crippen LogP contribution in [0.3, 0.4) is 0 Å². The van der Waals surface area contributed by atoms with Gasteiger partial charge in [0.1, 0.15) is 5.69 Å². The zero-order valence-corrected chi connectivity index (χ0v) is 20.3. The van der Waals surface area contributed by atoms with Crippen molar-refractivity contribution in [3.63, 3.8) is 0 Å². The molecule has 0 atom stereocenters. The molecular formula is C21H14Cl2F3N7O5. The van der Waals surface area contributed by atoms with Crippen LogP contribution in [0.25, 0.3) is 11.0 Å². The van der Waals surface area contributed by atoms with Crippen molar-refractivity contribution in [2.75, 3.05) is 36.4 Å². The number of nitro groups is 1. The highest BCUT2D eigenvalue weighted by molar-refractivity contribution is 6.42. The topological polar surface area (TPSA) is 156 Å². The number of amides is 2. The van der Waals surface area contributed by atoms with E-state index in [0.29, 0.717) is 6.07 Å². The quantitative estimate of drug-likeness (QED) is 0.218. The first-order chi connectivity index (χ1) is 17.8. The lowest BCUT2D eigenvalue weighted by Gasteiger charge is -2.34. The van der Waals surface area contributed by atoms with E-state index < -0.39 is 39.9 Å². The second-order valence-corrected chi connectivity index (χ2v) is 8.83. The maximum atomic E-state index is 13.0. The van der Waals surface area contributed by atoms with Crippen LogP contribution < -0.4 is 19.7 Å². The number of anilines is 2. The number of nitrogens with one attached hydrogen (secondary N) is 1. The molecule has 198 valence electrons. The Balaban J connectivity index is 1.56. The zero-order chi connectivity index (χ0) is 27.9. The first kappa shape index (κ1) is 26.8. The number of rotatable bonds is 3. The van der Waals surface area contributed by atoms with Gasteiger partial charge in [-0.2, -0.15) is 23.7 Å². The van der Waals surface area contributed by atoms with Gasteiger partial charge in [0, 0.05) is 44.4 Å². The van der Waals surface area contributed by atoms with Gasteiger partial charge in [-0.05, 0) is 12.1 Å². The molecule has 1 aromatic heterocycles. The van der Waals surface area contributed by atoms with Gasteiger partial charge in [0.25, 0.3) is 11.2 Å². The summed E-state index contributed by atoms with van der Waals surface area (Å²) in [6.45, 7) is -0.0702. The average molecular weight is 572 g/mol. The smallest absolute Gasteiger partial charge is 0.416 e. The molecule has 1 aliphatic heterocycles. The van der Waals surface area contributed by atoms with Crippen LogP contribution >= 0.6 is 23.2 Å². The Kier molecular flexibility index (Phi) is 6.96. The molecule has 38 heavy (non-hydrogen) atoms. The fraction of sp³-hybridized carbons (Fsp3) is 0.238. The van der Waals surface area contributed by atoms with Gasteiger partial charge < -0.3 is 20.2 Å². The van der Waals surface area contributed by atoms with Crippen molar-refractivity contribution in [1.29, 1.82) is 5.26 Å². The number of carbonyl (C=O) groups excluding carboxylic acids is 1. The van der Waals surface area contributed by atoms with Crippen molar-refractivity contribution in [2.45, 2.75) is 6.18 Å². The Hall–Kier alpha value is -4.29. The van der Waals surface area contributed by atoms with Crippen LogP contribution in [0.1, 0.15) is 11.3 Å². The number of fused-ring (bicyclic) bond motifs is 1. The fourth-order valence-corrected chi connectivity index (χ4v) is 4.25. The van der Waals surface area contributed by atoms with Gasteiger partial charge in [-0.1, -0.05) is 23.2 Å². The van der Waals surface area contributed by atoms with Crippen molar-refractivity contribution in [1.82, 2.24) is 4.90 Å². The predicted octanol–water partition coefficient (Wildman–Crippen LogP) is 3.57. The molecule has 1 N–H and O–H groups in total. The number of hydrogen-bond acceptors (Lipinski definition) is 7. The van der Waals surface area contributed by atoms with Gasteiger partial charge in [0.05, 0.1) is 20.5 Å². The van der Waals surface area contributed by atoms with Gasteiger partial charge in [-0.25, -0.2) is 9.52 Å². The summed E-state index contributed by atoms with van der Waals surface area (Å²) >= 11 is 11.8. The lowest BCUT2D eigenvalue weighted by Crippen LogP contribution is -2.52. The third kappa shape index (κ3) is 4.83. The number of nitrogens with zero attached hydrogens (tertiary/aromatic N) is 6. The standard InChI is InChI=1S/C21H14Cl2F3N7O5/c22-12-8-15-16(9-13(12)23)32(36)19(18(10-27)31(15)35)28-20(34)30-5-3-29(4-6-30)14-2-1-11(21(24,25)26)7-17(14)33(37)38/h1-2,7-9H,3-6H2,(H,28,34). The molecule has 17 heteroatoms. The number of hydrogen-bond donors (Lipinski definition) is 1. The minimum absolute atomic E-state index is 0.00941. The lowest BCUT2D eigenvalue weighted by atomic mass is 10.1. The van der Waals surface area contributed by atoms with E-state index >= 15 is 0 Å². The summed E-state index contributed by atoms with van der Waals surface area (Å²) in [5.41, 5.74) is -3.18. The van der Waals surface area contributed by atoms with Crippen LogP contribution in [0.2, 0.25) is 10.0 Å². The molecule has 3 aromatic rings. The highest BCUT2D eigenvalue weighted by Gasteiger charge is 2.36. The monoisotopic (exact) mass is 571 g/mol. The molecule has 0 aliphatic carbocycles. The Labute approximate surface area is 220 Å². The summed E-state index contributed by atoms with van der Waals surface area (Å²) < 4.78 is 39.3. The van der Waals surface area contributed by atoms with E-state index in [1.165, 1.54) is 9.80 Å². The molecule has 1 saturated heterocycles. The molecule has 0 bridgehead atoms. The van der Waals surface area contributed by atoms with Crippen LogP contribution in [0.5, 0.6) is 0 Å². The van der Waals surface area contributed by atoms with E-state index in [1.807, 2.05) is 0 Å². The van der Waals surface area contributed by atoms with Gasteiger partial charge in [-0.3, -0.25) is 10.1 Å². The van der Waals surface area contributed by atoms with Crippen LogP contribution in [0.4, 0.5) is 35.2 Å². The van der Waals surface area contributed by atoms with Crippen molar-refractivity contribution >= 4 is 57.5 Å². The lowest BCUT2D eigenvalue weighted by molar-refractivity contribution is -0.620. The number of benzene rings is 2. The normalized spacial score (nSPS) is 13.9. The first-order valence-electron chi connectivity index (χ1n) is 10.6. The van der Waals surface area contributed by atoms with Crippen LogP contribution in [0.15, 0.2) is 30.3 Å². The minimum atomic E-state index is -4.76. The Morgan fingerprint density at radius 3 is 2.16 bits per heavy atom. The van der Waals surface area contributed by atoms with Crippen molar-refractivity contribution in [3.05, 3.63) is 72.2 Å². The van der Waals surface area contributed by atoms with E-state index in [9.17, 15) is 43.8 Å². The van der Waals surface area contributed by atoms with Gasteiger partial charge in [0.15, 0.2) is 6.07 Å². The molecule has 2 amide bonds. The summed E-state index contributed by atoms with van der Waals surface area (Å²) in [7, 11) is 0. The maximum Gasteiger partial charge on any atom is 0.416 e. The molecule has 12 nitrogen and oxygen atoms in total. The third-order valence-electron chi connectivity index (χ3n) is 5.82. The van der Waals surface area contributed by atoms with Gasteiger partial charge >= 0.3 is 23.7 Å². The van der Waals surface area contributed by atoms with Crippen molar-refractivity contribution in [3.8, 4) is 6.07 Å². The number of nitro benzene ring substituents is 1. The zero-order valence-electron chi connectivity index (χ0n) is 18.8. The average Bonchev–Trinajstić information content (AvgIpc) is 2.87. The Morgan fingerprint density at radius 1 is 1.05 bits per heavy atom. The Morgan fingerprint density at radius 2 is 1.63 bits per heavy atom. The van der Waals surface area contributed by atoms with Crippen LogP contribution in [0, 0.1) is 31.9 Å². The number of urea groups is 1. The van der Waals surface area contributed by atoms with Crippen LogP contribution in [-0.2, 0) is 6.18 Å². The number of nitriles is 1. The summed E-state index contributed by atoms with van der Waals surface area (Å²) in [5, 5.41) is 48.6. The predicted molar refractivity (Wildman–Crippen MR) is 128 cm³/mol. The highest BCUT2D eigenvalue weighted by Crippen LogP contribution is 2.37. The molecule has 1 fully saturated rings. The molecule has 0 saturated carbocycles. The van der Waals surface area contributed by atoms with Gasteiger partial charge in [-0.15, -0.1) is 4.73 Å². The summed E-state index contributed by atoms with van der Waals surface area (Å²) in [6, 6.07) is 5.10. The Bertz CT molecular complexity index is 1520. The van der Waals surface area contributed by atoms with E-state index in [4.69, 9.17) is 23.2 Å². The number of halogens is 5. The second kappa shape index (κ2) is 9.88. The summed E-state index contributed by atoms with van der Waals surface area (Å²) in [5.74, 6) is -0.654. The fourth-order valence-electron chi connectivity index (χ4n) is 3.94. The van der Waals surface area contributed by atoms with Crippen LogP contribution in [-0.4, -0.2) is 42.0 Å². The number of piperazine rings is 1. The van der Waals surface area contributed by atoms with E-state index in [1.54, 1.807) is 6.07 Å². The first-order valence-corrected chi connectivity index (χ1v) is 11.3. The largest absolute Gasteiger partial charge is 0.710 e. The number of aromatic nitrogens is 2. The number of alkyl halides is 3. The summed E-state index contributed by atoms with van der Waals surface area (Å²) in [6.07, 6.45) is -4.76. The molecule has 0 spiro atoms. The van der Waals surface area contributed by atoms with E-state index in [0.717, 1.165) is 24.3 Å². The molecule has 4 rings (SSSR count). The molecule has 2 heterocycles. The highest BCUT2D eigenvalue weighted by atomic mass is 35.5. The van der Waals surface area contributed by atoms with Crippen molar-refractivity contribution in [2.24, 2.45) is 0 Å². The van der Waals surface area contributed by atoms with Crippen molar-refractivity contribution < 1.29 is 32.3 Å². The maximum absolute atomic E-state index is 13.0. The third-order valence-corrected chi connectivity index (χ3v) is 6.55. The molecule has 0 unspecified atom stereocenters. The summed E-state index contributed by atoms with van der Waals surface area (Å²) in [4.78, 5) is 26.0. The molecular weight excluding hydrogens is 558 g/mol. The molecule has 0 radical (unpaired) electrons. The second-order valence-electron chi connectivity index (χ2n) is 8.02. The molecule has 1 aliphatic rings. The number of carbonyl (C=O) groups is 1. The van der Waals surface area contributed by atoms with E-state index in [-0.39, 0.29) is 62.4 Å².